The maximum atomic E-state index is 12.4. The predicted octanol–water partition coefficient (Wildman–Crippen LogP) is 4.49. The first kappa shape index (κ1) is 20.0. The first-order valence-corrected chi connectivity index (χ1v) is 10.5. The zero-order valence-corrected chi connectivity index (χ0v) is 17.0. The lowest BCUT2D eigenvalue weighted by molar-refractivity contribution is 0.101. The monoisotopic (exact) mass is 397 g/mol. The third-order valence-corrected chi connectivity index (χ3v) is 5.55. The van der Waals surface area contributed by atoms with E-state index < -0.39 is 10.8 Å². The third kappa shape index (κ3) is 4.95. The van der Waals surface area contributed by atoms with Gasteiger partial charge in [0.05, 0.1) is 29.4 Å². The fourth-order valence-electron chi connectivity index (χ4n) is 2.92. The Bertz CT molecular complexity index is 1010. The van der Waals surface area contributed by atoms with E-state index in [0.717, 1.165) is 11.1 Å². The number of aryl methyl sites for hydroxylation is 2. The molecule has 0 fully saturated rings. The average molecular weight is 397 g/mol. The van der Waals surface area contributed by atoms with Crippen molar-refractivity contribution in [3.05, 3.63) is 71.1 Å². The Morgan fingerprint density at radius 1 is 1.18 bits per heavy atom. The molecule has 1 aromatic heterocycles. The van der Waals surface area contributed by atoms with Crippen LogP contribution in [0.1, 0.15) is 34.1 Å². The maximum Gasteiger partial charge on any atom is 0.226 e. The highest BCUT2D eigenvalue weighted by atomic mass is 32.2. The van der Waals surface area contributed by atoms with E-state index in [1.54, 1.807) is 24.5 Å². The molecule has 0 radical (unpaired) electrons. The molecule has 0 bridgehead atoms. The molecule has 6 heteroatoms. The molecule has 0 saturated carbocycles. The fraction of sp³-hybridized carbons (Fsp3) is 0.273. The second kappa shape index (κ2) is 8.97. The zero-order chi connectivity index (χ0) is 20.1. The standard InChI is InChI=1S/C22H23NO4S/c1-15-8-9-19(16(2)12-15)22-23-18(13-27-22)14-28(25)11-10-26-21-7-5-4-6-20(21)17(3)24/h4-9,12-13H,10-11,14H2,1-3H3. The predicted molar refractivity (Wildman–Crippen MR) is 110 cm³/mol. The highest BCUT2D eigenvalue weighted by Gasteiger charge is 2.12. The van der Waals surface area contributed by atoms with Crippen LogP contribution >= 0.6 is 0 Å². The Balaban J connectivity index is 1.56. The number of benzene rings is 2. The van der Waals surface area contributed by atoms with E-state index in [2.05, 4.69) is 11.1 Å². The molecule has 0 aliphatic rings. The van der Waals surface area contributed by atoms with Crippen LogP contribution in [0.15, 0.2) is 53.1 Å². The van der Waals surface area contributed by atoms with Crippen molar-refractivity contribution in [3.8, 4) is 17.2 Å². The van der Waals surface area contributed by atoms with Crippen molar-refractivity contribution >= 4 is 16.6 Å². The van der Waals surface area contributed by atoms with Crippen molar-refractivity contribution < 1.29 is 18.2 Å². The van der Waals surface area contributed by atoms with Crippen LogP contribution in [0.5, 0.6) is 5.75 Å². The van der Waals surface area contributed by atoms with Gasteiger partial charge in [-0.2, -0.15) is 0 Å². The number of ether oxygens (including phenoxy) is 1. The van der Waals surface area contributed by atoms with Crippen LogP contribution in [0.2, 0.25) is 0 Å². The second-order valence-electron chi connectivity index (χ2n) is 6.65. The zero-order valence-electron chi connectivity index (χ0n) is 16.2. The highest BCUT2D eigenvalue weighted by Crippen LogP contribution is 2.24. The van der Waals surface area contributed by atoms with E-state index >= 15 is 0 Å². The number of hydrogen-bond acceptors (Lipinski definition) is 5. The average Bonchev–Trinajstić information content (AvgIpc) is 3.10. The second-order valence-corrected chi connectivity index (χ2v) is 8.23. The molecule has 1 heterocycles. The molecule has 0 spiro atoms. The number of nitrogens with zero attached hydrogens (tertiary/aromatic N) is 1. The van der Waals surface area contributed by atoms with Gasteiger partial charge in [0.2, 0.25) is 5.89 Å². The fourth-order valence-corrected chi connectivity index (χ4v) is 3.79. The van der Waals surface area contributed by atoms with E-state index in [9.17, 15) is 9.00 Å². The lowest BCUT2D eigenvalue weighted by Crippen LogP contribution is -2.11. The van der Waals surface area contributed by atoms with Crippen LogP contribution in [0.25, 0.3) is 11.5 Å². The number of oxazole rings is 1. The lowest BCUT2D eigenvalue weighted by Gasteiger charge is -2.09. The minimum Gasteiger partial charge on any atom is -0.492 e. The molecule has 0 N–H and O–H groups in total. The molecule has 28 heavy (non-hydrogen) atoms. The van der Waals surface area contributed by atoms with Crippen LogP contribution < -0.4 is 4.74 Å². The summed E-state index contributed by atoms with van der Waals surface area (Å²) in [6.07, 6.45) is 1.55. The van der Waals surface area contributed by atoms with Gasteiger partial charge >= 0.3 is 0 Å². The van der Waals surface area contributed by atoms with E-state index in [-0.39, 0.29) is 12.4 Å². The molecular weight excluding hydrogens is 374 g/mol. The quantitative estimate of drug-likeness (QED) is 0.524. The number of carbonyl (C=O) groups is 1. The minimum atomic E-state index is -1.15. The number of carbonyl (C=O) groups excluding carboxylic acids is 1. The molecule has 146 valence electrons. The van der Waals surface area contributed by atoms with Crippen molar-refractivity contribution in [2.45, 2.75) is 26.5 Å². The largest absolute Gasteiger partial charge is 0.492 e. The summed E-state index contributed by atoms with van der Waals surface area (Å²) in [5, 5.41) is 0. The molecule has 1 unspecified atom stereocenters. The van der Waals surface area contributed by atoms with Gasteiger partial charge in [0, 0.05) is 16.4 Å². The van der Waals surface area contributed by atoms with Crippen LogP contribution in [0.4, 0.5) is 0 Å². The van der Waals surface area contributed by atoms with Crippen molar-refractivity contribution in [1.82, 2.24) is 4.98 Å². The first-order chi connectivity index (χ1) is 13.4. The smallest absolute Gasteiger partial charge is 0.226 e. The maximum absolute atomic E-state index is 12.4. The molecular formula is C22H23NO4S. The van der Waals surface area contributed by atoms with Gasteiger partial charge in [-0.25, -0.2) is 4.98 Å². The number of para-hydroxylation sites is 1. The van der Waals surface area contributed by atoms with Gasteiger partial charge in [-0.3, -0.25) is 9.00 Å². The molecule has 0 saturated heterocycles. The van der Waals surface area contributed by atoms with E-state index in [1.807, 2.05) is 32.0 Å². The Kier molecular flexibility index (Phi) is 6.41. The minimum absolute atomic E-state index is 0.0572. The Morgan fingerprint density at radius 3 is 2.71 bits per heavy atom. The summed E-state index contributed by atoms with van der Waals surface area (Å²) in [5.41, 5.74) is 4.39. The Labute approximate surface area is 167 Å². The highest BCUT2D eigenvalue weighted by molar-refractivity contribution is 7.84. The van der Waals surface area contributed by atoms with Gasteiger partial charge in [0.15, 0.2) is 5.78 Å². The number of hydrogen-bond donors (Lipinski definition) is 0. The van der Waals surface area contributed by atoms with Crippen LogP contribution in [0.3, 0.4) is 0 Å². The first-order valence-electron chi connectivity index (χ1n) is 9.04. The van der Waals surface area contributed by atoms with Crippen LogP contribution in [0, 0.1) is 13.8 Å². The molecule has 0 aliphatic heterocycles. The van der Waals surface area contributed by atoms with Gasteiger partial charge < -0.3 is 9.15 Å². The topological polar surface area (TPSA) is 69.4 Å². The Morgan fingerprint density at radius 2 is 1.96 bits per heavy atom. The summed E-state index contributed by atoms with van der Waals surface area (Å²) in [5.74, 6) is 1.64. The number of aromatic nitrogens is 1. The molecule has 2 aromatic carbocycles. The van der Waals surface area contributed by atoms with E-state index in [0.29, 0.717) is 34.4 Å². The lowest BCUT2D eigenvalue weighted by atomic mass is 10.1. The summed E-state index contributed by atoms with van der Waals surface area (Å²) >= 11 is 0. The molecule has 0 amide bonds. The van der Waals surface area contributed by atoms with E-state index in [4.69, 9.17) is 9.15 Å². The van der Waals surface area contributed by atoms with Crippen LogP contribution in [-0.2, 0) is 16.6 Å². The molecule has 0 aliphatic carbocycles. The van der Waals surface area contributed by atoms with Gasteiger partial charge in [0.1, 0.15) is 12.0 Å². The van der Waals surface area contributed by atoms with Crippen molar-refractivity contribution in [2.75, 3.05) is 12.4 Å². The van der Waals surface area contributed by atoms with Gasteiger partial charge in [-0.05, 0) is 44.5 Å². The van der Waals surface area contributed by atoms with Crippen molar-refractivity contribution in [1.29, 1.82) is 0 Å². The Hall–Kier alpha value is -2.73. The summed E-state index contributed by atoms with van der Waals surface area (Å²) in [7, 11) is -1.15. The third-order valence-electron chi connectivity index (χ3n) is 4.31. The molecule has 3 rings (SSSR count). The van der Waals surface area contributed by atoms with Crippen molar-refractivity contribution in [3.63, 3.8) is 0 Å². The number of rotatable bonds is 8. The summed E-state index contributed by atoms with van der Waals surface area (Å²) < 4.78 is 23.6. The van der Waals surface area contributed by atoms with Crippen LogP contribution in [-0.4, -0.2) is 27.3 Å². The van der Waals surface area contributed by atoms with Crippen molar-refractivity contribution in [2.24, 2.45) is 0 Å². The van der Waals surface area contributed by atoms with Gasteiger partial charge in [-0.15, -0.1) is 0 Å². The summed E-state index contributed by atoms with van der Waals surface area (Å²) in [6.45, 7) is 5.81. The number of Topliss-reactive ketones (excluding diaryl/α,β-unsaturated/α-hetero) is 1. The SMILES string of the molecule is CC(=O)c1ccccc1OCCS(=O)Cc1coc(-c2ccc(C)cc2C)n1. The van der Waals surface area contributed by atoms with Gasteiger partial charge in [-0.1, -0.05) is 29.8 Å². The molecule has 3 aromatic rings. The normalized spacial score (nSPS) is 12.0. The number of ketones is 1. The molecule has 1 atom stereocenters. The van der Waals surface area contributed by atoms with E-state index in [1.165, 1.54) is 12.5 Å². The summed E-state index contributed by atoms with van der Waals surface area (Å²) in [4.78, 5) is 16.1. The summed E-state index contributed by atoms with van der Waals surface area (Å²) in [6, 6.07) is 13.1. The van der Waals surface area contributed by atoms with Gasteiger partial charge in [0.25, 0.3) is 0 Å². The molecule has 5 nitrogen and oxygen atoms in total.